The molecule has 0 aliphatic heterocycles. The summed E-state index contributed by atoms with van der Waals surface area (Å²) in [6.07, 6.45) is 0. The van der Waals surface area contributed by atoms with Gasteiger partial charge in [0.25, 0.3) is 5.56 Å². The van der Waals surface area contributed by atoms with Crippen LogP contribution in [0.5, 0.6) is 0 Å². The molecule has 0 unspecified atom stereocenters. The van der Waals surface area contributed by atoms with Gasteiger partial charge in [0.1, 0.15) is 16.2 Å². The van der Waals surface area contributed by atoms with Crippen molar-refractivity contribution in [3.8, 4) is 5.69 Å². The van der Waals surface area contributed by atoms with E-state index in [9.17, 15) is 14.4 Å². The van der Waals surface area contributed by atoms with Crippen LogP contribution in [0.1, 0.15) is 48.3 Å². The molecule has 0 radical (unpaired) electrons. The Kier molecular flexibility index (Phi) is 6.31. The molecular weight excluding hydrogens is 462 g/mol. The molecule has 0 saturated carbocycles. The van der Waals surface area contributed by atoms with Gasteiger partial charge in [-0.25, -0.2) is 14.8 Å². The molecule has 0 aliphatic carbocycles. The largest absolute Gasteiger partial charge is 0.332 e. The average molecular weight is 492 g/mol. The SMILES string of the molecule is Cc1cc(C(=O)CSc2nc(C(C)(C)C)nc3c2c(=O)n(C)c(=O)n3C)c(C)n1-c1ccccc1. The fraction of sp³-hybridized carbons (Fsp3) is 0.346. The third-order valence-electron chi connectivity index (χ3n) is 6.02. The fourth-order valence-electron chi connectivity index (χ4n) is 4.10. The summed E-state index contributed by atoms with van der Waals surface area (Å²) < 4.78 is 4.45. The van der Waals surface area contributed by atoms with Crippen LogP contribution in [0, 0.1) is 13.8 Å². The van der Waals surface area contributed by atoms with Crippen molar-refractivity contribution < 1.29 is 4.79 Å². The van der Waals surface area contributed by atoms with Gasteiger partial charge in [-0.15, -0.1) is 0 Å². The van der Waals surface area contributed by atoms with Crippen molar-refractivity contribution in [1.82, 2.24) is 23.7 Å². The molecule has 0 spiro atoms. The Morgan fingerprint density at radius 1 is 1.00 bits per heavy atom. The Balaban J connectivity index is 1.76. The maximum atomic E-state index is 13.3. The van der Waals surface area contributed by atoms with Gasteiger partial charge in [-0.2, -0.15) is 0 Å². The second-order valence-electron chi connectivity index (χ2n) is 9.67. The number of hydrogen-bond acceptors (Lipinski definition) is 6. The number of carbonyl (C=O) groups excluding carboxylic acids is 1. The van der Waals surface area contributed by atoms with Gasteiger partial charge < -0.3 is 4.57 Å². The number of ketones is 1. The lowest BCUT2D eigenvalue weighted by Gasteiger charge is -2.19. The summed E-state index contributed by atoms with van der Waals surface area (Å²) in [7, 11) is 3.02. The van der Waals surface area contributed by atoms with Gasteiger partial charge in [-0.05, 0) is 32.0 Å². The highest BCUT2D eigenvalue weighted by Gasteiger charge is 2.25. The van der Waals surface area contributed by atoms with E-state index in [4.69, 9.17) is 0 Å². The zero-order valence-corrected chi connectivity index (χ0v) is 21.9. The molecule has 4 rings (SSSR count). The molecule has 0 atom stereocenters. The summed E-state index contributed by atoms with van der Waals surface area (Å²) in [6, 6.07) is 11.8. The van der Waals surface area contributed by atoms with E-state index in [0.29, 0.717) is 16.4 Å². The average Bonchev–Trinajstić information content (AvgIpc) is 3.12. The Bertz CT molecular complexity index is 1570. The van der Waals surface area contributed by atoms with Gasteiger partial charge in [-0.1, -0.05) is 50.7 Å². The van der Waals surface area contributed by atoms with Crippen LogP contribution < -0.4 is 11.2 Å². The van der Waals surface area contributed by atoms with Gasteiger partial charge in [0.15, 0.2) is 11.4 Å². The van der Waals surface area contributed by atoms with Crippen molar-refractivity contribution in [1.29, 1.82) is 0 Å². The monoisotopic (exact) mass is 491 g/mol. The summed E-state index contributed by atoms with van der Waals surface area (Å²) in [5.74, 6) is 0.544. The molecule has 3 heterocycles. The number of carbonyl (C=O) groups is 1. The first-order chi connectivity index (χ1) is 16.4. The quantitative estimate of drug-likeness (QED) is 0.240. The highest BCUT2D eigenvalue weighted by molar-refractivity contribution is 8.00. The van der Waals surface area contributed by atoms with Crippen LogP contribution in [0.25, 0.3) is 16.7 Å². The van der Waals surface area contributed by atoms with Gasteiger partial charge in [0.2, 0.25) is 0 Å². The van der Waals surface area contributed by atoms with E-state index in [2.05, 4.69) is 14.5 Å². The highest BCUT2D eigenvalue weighted by Crippen LogP contribution is 2.28. The van der Waals surface area contributed by atoms with Crippen LogP contribution in [0.2, 0.25) is 0 Å². The third-order valence-corrected chi connectivity index (χ3v) is 7.00. The number of Topliss-reactive ketones (excluding diaryl/α,β-unsaturated/α-hetero) is 1. The number of hydrogen-bond donors (Lipinski definition) is 0. The number of aryl methyl sites for hydroxylation is 2. The molecule has 4 aromatic rings. The maximum absolute atomic E-state index is 13.3. The predicted molar refractivity (Wildman–Crippen MR) is 139 cm³/mol. The Hall–Kier alpha value is -3.46. The molecule has 0 fully saturated rings. The summed E-state index contributed by atoms with van der Waals surface area (Å²) in [6.45, 7) is 9.80. The van der Waals surface area contributed by atoms with E-state index < -0.39 is 16.7 Å². The minimum Gasteiger partial charge on any atom is -0.318 e. The van der Waals surface area contributed by atoms with Gasteiger partial charge in [0.05, 0.1) is 5.75 Å². The van der Waals surface area contributed by atoms with Crippen molar-refractivity contribution >= 4 is 28.6 Å². The zero-order chi connectivity index (χ0) is 25.7. The van der Waals surface area contributed by atoms with Crippen LogP contribution in [-0.4, -0.2) is 35.2 Å². The minimum absolute atomic E-state index is 0.0593. The molecule has 0 N–H and O–H groups in total. The number of rotatable bonds is 5. The van der Waals surface area contributed by atoms with Crippen LogP contribution >= 0.6 is 11.8 Å². The van der Waals surface area contributed by atoms with Crippen molar-refractivity contribution in [2.45, 2.75) is 45.1 Å². The van der Waals surface area contributed by atoms with Gasteiger partial charge >= 0.3 is 5.69 Å². The first kappa shape index (κ1) is 24.7. The van der Waals surface area contributed by atoms with E-state index in [1.54, 1.807) is 7.05 Å². The molecule has 0 aliphatic rings. The lowest BCUT2D eigenvalue weighted by Crippen LogP contribution is -2.38. The Morgan fingerprint density at radius 3 is 2.29 bits per heavy atom. The van der Waals surface area contributed by atoms with Gasteiger partial charge in [0, 0.05) is 42.1 Å². The van der Waals surface area contributed by atoms with Crippen molar-refractivity contribution in [3.05, 3.63) is 80.0 Å². The van der Waals surface area contributed by atoms with E-state index >= 15 is 0 Å². The maximum Gasteiger partial charge on any atom is 0.332 e. The van der Waals surface area contributed by atoms with Crippen LogP contribution in [0.4, 0.5) is 0 Å². The summed E-state index contributed by atoms with van der Waals surface area (Å²) >= 11 is 1.20. The first-order valence-electron chi connectivity index (χ1n) is 11.3. The molecule has 182 valence electrons. The predicted octanol–water partition coefficient (Wildman–Crippen LogP) is 3.71. The summed E-state index contributed by atoms with van der Waals surface area (Å²) in [5, 5.41) is 0.650. The van der Waals surface area contributed by atoms with Gasteiger partial charge in [-0.3, -0.25) is 18.7 Å². The zero-order valence-electron chi connectivity index (χ0n) is 21.0. The fourth-order valence-corrected chi connectivity index (χ4v) is 5.00. The molecule has 8 nitrogen and oxygen atoms in total. The molecule has 0 saturated heterocycles. The van der Waals surface area contributed by atoms with Crippen LogP contribution in [0.15, 0.2) is 51.0 Å². The lowest BCUT2D eigenvalue weighted by atomic mass is 9.96. The molecule has 0 bridgehead atoms. The second kappa shape index (κ2) is 8.96. The van der Waals surface area contributed by atoms with E-state index in [1.807, 2.05) is 71.0 Å². The number of para-hydroxylation sites is 1. The molecule has 1 aromatic carbocycles. The molecular formula is C26H29N5O3S. The van der Waals surface area contributed by atoms with Crippen molar-refractivity contribution in [2.24, 2.45) is 14.1 Å². The van der Waals surface area contributed by atoms with Crippen LogP contribution in [0.3, 0.4) is 0 Å². The Labute approximate surface area is 207 Å². The van der Waals surface area contributed by atoms with E-state index in [1.165, 1.54) is 23.4 Å². The molecule has 9 heteroatoms. The number of nitrogens with zero attached hydrogens (tertiary/aromatic N) is 5. The number of benzene rings is 1. The Morgan fingerprint density at radius 2 is 1.66 bits per heavy atom. The van der Waals surface area contributed by atoms with Crippen molar-refractivity contribution in [3.63, 3.8) is 0 Å². The molecule has 0 amide bonds. The van der Waals surface area contributed by atoms with E-state index in [0.717, 1.165) is 21.6 Å². The van der Waals surface area contributed by atoms with Crippen molar-refractivity contribution in [2.75, 3.05) is 5.75 Å². The topological polar surface area (TPSA) is 91.8 Å². The molecule has 35 heavy (non-hydrogen) atoms. The normalized spacial score (nSPS) is 11.9. The highest BCUT2D eigenvalue weighted by atomic mass is 32.2. The second-order valence-corrected chi connectivity index (χ2v) is 10.6. The van der Waals surface area contributed by atoms with Crippen LogP contribution in [-0.2, 0) is 19.5 Å². The smallest absolute Gasteiger partial charge is 0.318 e. The summed E-state index contributed by atoms with van der Waals surface area (Å²) in [5.41, 5.74) is 2.39. The number of fused-ring (bicyclic) bond motifs is 1. The standard InChI is InChI=1S/C26H29N5O3S/c1-15-13-18(16(2)31(15)17-11-9-8-10-12-17)19(32)14-35-22-20-21(27-24(28-22)26(3,4)5)29(6)25(34)30(7)23(20)33/h8-13H,14H2,1-7H3. The lowest BCUT2D eigenvalue weighted by molar-refractivity contribution is 0.102. The summed E-state index contributed by atoms with van der Waals surface area (Å²) in [4.78, 5) is 48.1. The number of thioether (sulfide) groups is 1. The third kappa shape index (κ3) is 4.36. The molecule has 3 aromatic heterocycles. The van der Waals surface area contributed by atoms with E-state index in [-0.39, 0.29) is 22.6 Å². The minimum atomic E-state index is -0.472. The number of aromatic nitrogens is 5. The first-order valence-corrected chi connectivity index (χ1v) is 12.3.